The molecule has 0 bridgehead atoms. The van der Waals surface area contributed by atoms with E-state index in [4.69, 9.17) is 5.73 Å². The molecule has 2 N–H and O–H groups in total. The molecule has 0 radical (unpaired) electrons. The molecule has 0 spiro atoms. The van der Waals surface area contributed by atoms with Crippen LogP contribution in [0.1, 0.15) is 58.1 Å². The predicted molar refractivity (Wildman–Crippen MR) is 84.5 cm³/mol. The summed E-state index contributed by atoms with van der Waals surface area (Å²) in [6.45, 7) is 9.37. The first kappa shape index (κ1) is 15.0. The minimum absolute atomic E-state index is 0.246. The molecule has 0 amide bonds. The molecule has 1 aliphatic heterocycles. The van der Waals surface area contributed by atoms with Crippen LogP contribution in [-0.2, 0) is 0 Å². The van der Waals surface area contributed by atoms with Crippen LogP contribution in [-0.4, -0.2) is 24.0 Å². The number of nitrogens with two attached hydrogens (primary N) is 1. The van der Waals surface area contributed by atoms with Crippen LogP contribution >= 0.6 is 11.3 Å². The third kappa shape index (κ3) is 3.80. The van der Waals surface area contributed by atoms with E-state index in [1.807, 2.05) is 0 Å². The van der Waals surface area contributed by atoms with Gasteiger partial charge < -0.3 is 5.73 Å². The van der Waals surface area contributed by atoms with Crippen LogP contribution in [0.5, 0.6) is 0 Å². The molecule has 1 fully saturated rings. The lowest BCUT2D eigenvalue weighted by Crippen LogP contribution is -2.41. The molecule has 1 aromatic rings. The molecule has 19 heavy (non-hydrogen) atoms. The highest BCUT2D eigenvalue weighted by Crippen LogP contribution is 2.34. The van der Waals surface area contributed by atoms with Crippen molar-refractivity contribution < 1.29 is 0 Å². The monoisotopic (exact) mass is 280 g/mol. The maximum absolute atomic E-state index is 6.42. The van der Waals surface area contributed by atoms with Crippen LogP contribution in [0.2, 0.25) is 0 Å². The average Bonchev–Trinajstić information content (AvgIpc) is 2.82. The van der Waals surface area contributed by atoms with Crippen LogP contribution < -0.4 is 5.73 Å². The number of hydrogen-bond acceptors (Lipinski definition) is 3. The summed E-state index contributed by atoms with van der Waals surface area (Å²) in [5, 5.41) is 4.45. The van der Waals surface area contributed by atoms with E-state index in [0.717, 1.165) is 6.42 Å². The van der Waals surface area contributed by atoms with Crippen molar-refractivity contribution in [2.45, 2.75) is 58.5 Å². The Morgan fingerprint density at radius 1 is 1.37 bits per heavy atom. The fourth-order valence-corrected chi connectivity index (χ4v) is 3.81. The van der Waals surface area contributed by atoms with E-state index in [-0.39, 0.29) is 6.04 Å². The van der Waals surface area contributed by atoms with Crippen molar-refractivity contribution in [1.29, 1.82) is 0 Å². The van der Waals surface area contributed by atoms with Crippen LogP contribution in [0, 0.1) is 5.41 Å². The Kier molecular flexibility index (Phi) is 5.04. The first-order chi connectivity index (χ1) is 9.03. The van der Waals surface area contributed by atoms with Crippen molar-refractivity contribution in [3.05, 3.63) is 22.4 Å². The maximum Gasteiger partial charge on any atom is 0.0507 e. The molecular formula is C16H28N2S. The molecule has 0 aromatic carbocycles. The van der Waals surface area contributed by atoms with Gasteiger partial charge in [-0.15, -0.1) is 0 Å². The number of thiophene rings is 1. The third-order valence-corrected chi connectivity index (χ3v) is 5.23. The molecule has 2 nitrogen and oxygen atoms in total. The van der Waals surface area contributed by atoms with E-state index in [1.165, 1.54) is 37.9 Å². The summed E-state index contributed by atoms with van der Waals surface area (Å²) in [6, 6.07) is 2.90. The van der Waals surface area contributed by atoms with Gasteiger partial charge in [0.05, 0.1) is 6.04 Å². The molecule has 2 atom stereocenters. The Hall–Kier alpha value is -0.380. The summed E-state index contributed by atoms with van der Waals surface area (Å²) in [5.41, 5.74) is 8.33. The van der Waals surface area contributed by atoms with Gasteiger partial charge in [-0.05, 0) is 66.6 Å². The molecule has 1 aromatic heterocycles. The second-order valence-electron chi connectivity index (χ2n) is 6.63. The standard InChI is InChI=1S/C16H28N2S/c1-4-14(17)15(13-6-11-19-12-13)18-9-5-7-16(2,3)8-10-18/h6,11-12,14-15H,4-5,7-10,17H2,1-3H3. The van der Waals surface area contributed by atoms with Crippen molar-refractivity contribution >= 4 is 11.3 Å². The molecular weight excluding hydrogens is 252 g/mol. The first-order valence-corrected chi connectivity index (χ1v) is 8.49. The van der Waals surface area contributed by atoms with Gasteiger partial charge in [0.25, 0.3) is 0 Å². The number of rotatable bonds is 4. The number of likely N-dealkylation sites (tertiary alicyclic amines) is 1. The topological polar surface area (TPSA) is 29.3 Å². The first-order valence-electron chi connectivity index (χ1n) is 7.55. The molecule has 0 saturated carbocycles. The van der Waals surface area contributed by atoms with Gasteiger partial charge in [0.2, 0.25) is 0 Å². The summed E-state index contributed by atoms with van der Waals surface area (Å²) in [6.07, 6.45) is 4.95. The van der Waals surface area contributed by atoms with E-state index in [0.29, 0.717) is 11.5 Å². The highest BCUT2D eigenvalue weighted by Gasteiger charge is 2.30. The summed E-state index contributed by atoms with van der Waals surface area (Å²) < 4.78 is 0. The fourth-order valence-electron chi connectivity index (χ4n) is 3.12. The minimum atomic E-state index is 0.246. The highest BCUT2D eigenvalue weighted by molar-refractivity contribution is 7.07. The van der Waals surface area contributed by atoms with Crippen molar-refractivity contribution in [3.63, 3.8) is 0 Å². The summed E-state index contributed by atoms with van der Waals surface area (Å²) >= 11 is 1.78. The number of hydrogen-bond donors (Lipinski definition) is 1. The largest absolute Gasteiger partial charge is 0.326 e. The Bertz CT molecular complexity index is 372. The van der Waals surface area contributed by atoms with Crippen LogP contribution in [0.15, 0.2) is 16.8 Å². The SMILES string of the molecule is CCC(N)C(c1ccsc1)N1CCCC(C)(C)CC1. The van der Waals surface area contributed by atoms with E-state index in [9.17, 15) is 0 Å². The molecule has 0 aliphatic carbocycles. The molecule has 3 heteroatoms. The quantitative estimate of drug-likeness (QED) is 0.902. The van der Waals surface area contributed by atoms with Gasteiger partial charge in [-0.2, -0.15) is 11.3 Å². The molecule has 1 aliphatic rings. The molecule has 2 unspecified atom stereocenters. The Morgan fingerprint density at radius 2 is 2.16 bits per heavy atom. The molecule has 2 rings (SSSR count). The summed E-state index contributed by atoms with van der Waals surface area (Å²) in [7, 11) is 0. The van der Waals surface area contributed by atoms with Gasteiger partial charge >= 0.3 is 0 Å². The highest BCUT2D eigenvalue weighted by atomic mass is 32.1. The normalized spacial score (nSPS) is 23.8. The van der Waals surface area contributed by atoms with Gasteiger partial charge in [0.15, 0.2) is 0 Å². The summed E-state index contributed by atoms with van der Waals surface area (Å²) in [5.74, 6) is 0. The van der Waals surface area contributed by atoms with Gasteiger partial charge in [-0.25, -0.2) is 0 Å². The Morgan fingerprint density at radius 3 is 2.79 bits per heavy atom. The zero-order chi connectivity index (χ0) is 13.9. The zero-order valence-corrected chi connectivity index (χ0v) is 13.4. The third-order valence-electron chi connectivity index (χ3n) is 4.53. The number of nitrogens with zero attached hydrogens (tertiary/aromatic N) is 1. The molecule has 2 heterocycles. The van der Waals surface area contributed by atoms with Crippen LogP contribution in [0.25, 0.3) is 0 Å². The van der Waals surface area contributed by atoms with Gasteiger partial charge in [0, 0.05) is 6.04 Å². The van der Waals surface area contributed by atoms with Crippen molar-refractivity contribution in [2.75, 3.05) is 13.1 Å². The average molecular weight is 280 g/mol. The van der Waals surface area contributed by atoms with E-state index in [1.54, 1.807) is 11.3 Å². The maximum atomic E-state index is 6.42. The van der Waals surface area contributed by atoms with Crippen LogP contribution in [0.3, 0.4) is 0 Å². The fraction of sp³-hybridized carbons (Fsp3) is 0.750. The predicted octanol–water partition coefficient (Wildman–Crippen LogP) is 4.04. The Labute approximate surface area is 122 Å². The van der Waals surface area contributed by atoms with E-state index >= 15 is 0 Å². The van der Waals surface area contributed by atoms with Crippen molar-refractivity contribution in [2.24, 2.45) is 11.1 Å². The van der Waals surface area contributed by atoms with E-state index < -0.39 is 0 Å². The van der Waals surface area contributed by atoms with Crippen molar-refractivity contribution in [3.8, 4) is 0 Å². The second kappa shape index (κ2) is 6.38. The van der Waals surface area contributed by atoms with Gasteiger partial charge in [0.1, 0.15) is 0 Å². The van der Waals surface area contributed by atoms with Crippen molar-refractivity contribution in [1.82, 2.24) is 4.90 Å². The molecule has 108 valence electrons. The molecule has 1 saturated heterocycles. The van der Waals surface area contributed by atoms with Crippen LogP contribution in [0.4, 0.5) is 0 Å². The lowest BCUT2D eigenvalue weighted by Gasteiger charge is -2.34. The minimum Gasteiger partial charge on any atom is -0.326 e. The lowest BCUT2D eigenvalue weighted by molar-refractivity contribution is 0.169. The second-order valence-corrected chi connectivity index (χ2v) is 7.41. The smallest absolute Gasteiger partial charge is 0.0507 e. The lowest BCUT2D eigenvalue weighted by atomic mass is 9.85. The zero-order valence-electron chi connectivity index (χ0n) is 12.6. The Balaban J connectivity index is 2.14. The van der Waals surface area contributed by atoms with Gasteiger partial charge in [-0.3, -0.25) is 4.90 Å². The van der Waals surface area contributed by atoms with Gasteiger partial charge in [-0.1, -0.05) is 20.8 Å². The van der Waals surface area contributed by atoms with E-state index in [2.05, 4.69) is 42.5 Å². The summed E-state index contributed by atoms with van der Waals surface area (Å²) in [4.78, 5) is 2.63.